The lowest BCUT2D eigenvalue weighted by Gasteiger charge is -2.21. The molecule has 0 saturated heterocycles. The highest BCUT2D eigenvalue weighted by Gasteiger charge is 2.13. The molecule has 0 spiro atoms. The molecule has 0 radical (unpaired) electrons. The highest BCUT2D eigenvalue weighted by molar-refractivity contribution is 5.81. The van der Waals surface area contributed by atoms with Gasteiger partial charge in [-0.25, -0.2) is 9.97 Å². The van der Waals surface area contributed by atoms with Crippen molar-refractivity contribution in [2.75, 3.05) is 30.4 Å². The summed E-state index contributed by atoms with van der Waals surface area (Å²) in [5, 5.41) is 6.04. The molecular formula is C13H23N5O. The van der Waals surface area contributed by atoms with Gasteiger partial charge in [0.1, 0.15) is 18.0 Å². The van der Waals surface area contributed by atoms with Gasteiger partial charge in [0.25, 0.3) is 0 Å². The van der Waals surface area contributed by atoms with E-state index in [4.69, 9.17) is 0 Å². The molecule has 19 heavy (non-hydrogen) atoms. The third-order valence-electron chi connectivity index (χ3n) is 2.59. The zero-order valence-electron chi connectivity index (χ0n) is 12.3. The zero-order chi connectivity index (χ0) is 14.4. The van der Waals surface area contributed by atoms with Crippen LogP contribution < -0.4 is 15.5 Å². The van der Waals surface area contributed by atoms with E-state index < -0.39 is 0 Å². The fraction of sp³-hybridized carbons (Fsp3) is 0.615. The van der Waals surface area contributed by atoms with E-state index in [-0.39, 0.29) is 18.5 Å². The molecule has 2 N–H and O–H groups in total. The van der Waals surface area contributed by atoms with Crippen LogP contribution in [-0.2, 0) is 4.79 Å². The summed E-state index contributed by atoms with van der Waals surface area (Å²) in [6.45, 7) is 8.93. The maximum atomic E-state index is 11.7. The summed E-state index contributed by atoms with van der Waals surface area (Å²) < 4.78 is 0. The Labute approximate surface area is 114 Å². The lowest BCUT2D eigenvalue weighted by Crippen LogP contribution is -2.39. The van der Waals surface area contributed by atoms with Crippen molar-refractivity contribution in [3.8, 4) is 0 Å². The van der Waals surface area contributed by atoms with Gasteiger partial charge in [-0.1, -0.05) is 0 Å². The van der Waals surface area contributed by atoms with Crippen LogP contribution in [0, 0.1) is 6.92 Å². The molecule has 1 amide bonds. The van der Waals surface area contributed by atoms with E-state index in [1.165, 1.54) is 6.33 Å². The second kappa shape index (κ2) is 6.92. The van der Waals surface area contributed by atoms with Crippen molar-refractivity contribution in [1.82, 2.24) is 15.3 Å². The van der Waals surface area contributed by atoms with Crippen LogP contribution in [-0.4, -0.2) is 42.1 Å². The van der Waals surface area contributed by atoms with Crippen molar-refractivity contribution in [3.63, 3.8) is 0 Å². The van der Waals surface area contributed by atoms with E-state index >= 15 is 0 Å². The second-order valence-electron chi connectivity index (χ2n) is 4.78. The average Bonchev–Trinajstić information content (AvgIpc) is 2.30. The van der Waals surface area contributed by atoms with E-state index in [1.54, 1.807) is 0 Å². The number of nitrogens with one attached hydrogen (secondary N) is 2. The number of carbonyl (C=O) groups is 1. The monoisotopic (exact) mass is 265 g/mol. The van der Waals surface area contributed by atoms with Gasteiger partial charge in [-0.2, -0.15) is 0 Å². The van der Waals surface area contributed by atoms with Gasteiger partial charge in [0.05, 0.1) is 6.54 Å². The fourth-order valence-electron chi connectivity index (χ4n) is 1.83. The van der Waals surface area contributed by atoms with Crippen molar-refractivity contribution in [3.05, 3.63) is 11.9 Å². The van der Waals surface area contributed by atoms with Crippen LogP contribution >= 0.6 is 0 Å². The van der Waals surface area contributed by atoms with Crippen molar-refractivity contribution in [1.29, 1.82) is 0 Å². The van der Waals surface area contributed by atoms with Crippen molar-refractivity contribution in [2.24, 2.45) is 0 Å². The molecule has 0 aromatic carbocycles. The van der Waals surface area contributed by atoms with Gasteiger partial charge < -0.3 is 15.5 Å². The summed E-state index contributed by atoms with van der Waals surface area (Å²) >= 11 is 0. The van der Waals surface area contributed by atoms with Gasteiger partial charge in [-0.05, 0) is 27.7 Å². The fourth-order valence-corrected chi connectivity index (χ4v) is 1.83. The average molecular weight is 265 g/mol. The predicted octanol–water partition coefficient (Wildman–Crippen LogP) is 1.18. The third kappa shape index (κ3) is 4.39. The molecule has 0 aliphatic carbocycles. The summed E-state index contributed by atoms with van der Waals surface area (Å²) in [6.07, 6.45) is 1.51. The maximum Gasteiger partial charge on any atom is 0.239 e. The van der Waals surface area contributed by atoms with Crippen LogP contribution in [0.3, 0.4) is 0 Å². The quantitative estimate of drug-likeness (QED) is 0.808. The Morgan fingerprint density at radius 1 is 1.42 bits per heavy atom. The normalized spacial score (nSPS) is 10.4. The van der Waals surface area contributed by atoms with Gasteiger partial charge in [-0.15, -0.1) is 0 Å². The number of nitrogens with zero attached hydrogens (tertiary/aromatic N) is 3. The van der Waals surface area contributed by atoms with Crippen molar-refractivity contribution >= 4 is 17.5 Å². The summed E-state index contributed by atoms with van der Waals surface area (Å²) in [5.74, 6) is 1.56. The Kier molecular flexibility index (Phi) is 5.54. The van der Waals surface area contributed by atoms with E-state index in [1.807, 2.05) is 39.6 Å². The molecule has 6 nitrogen and oxygen atoms in total. The Balaban J connectivity index is 2.79. The molecule has 0 aliphatic heterocycles. The minimum Gasteiger partial charge on any atom is -0.370 e. The molecule has 0 atom stereocenters. The Morgan fingerprint density at radius 2 is 2.11 bits per heavy atom. The van der Waals surface area contributed by atoms with Gasteiger partial charge in [-0.3, -0.25) is 4.79 Å². The molecule has 1 heterocycles. The number of likely N-dealkylation sites (N-methyl/N-ethyl adjacent to an activating group) is 1. The third-order valence-corrected chi connectivity index (χ3v) is 2.59. The number of hydrogen-bond acceptors (Lipinski definition) is 5. The van der Waals surface area contributed by atoms with Crippen LogP contribution in [0.4, 0.5) is 11.6 Å². The van der Waals surface area contributed by atoms with Gasteiger partial charge >= 0.3 is 0 Å². The first kappa shape index (κ1) is 15.2. The van der Waals surface area contributed by atoms with Crippen molar-refractivity contribution < 1.29 is 4.79 Å². The van der Waals surface area contributed by atoms with E-state index in [9.17, 15) is 4.79 Å². The highest BCUT2D eigenvalue weighted by Crippen LogP contribution is 2.20. The van der Waals surface area contributed by atoms with E-state index in [2.05, 4.69) is 20.6 Å². The van der Waals surface area contributed by atoms with Crippen LogP contribution in [0.2, 0.25) is 0 Å². The molecule has 106 valence electrons. The van der Waals surface area contributed by atoms with Crippen LogP contribution in [0.15, 0.2) is 6.33 Å². The molecule has 1 aromatic heterocycles. The smallest absolute Gasteiger partial charge is 0.239 e. The number of rotatable bonds is 6. The van der Waals surface area contributed by atoms with E-state index in [0.29, 0.717) is 0 Å². The Hall–Kier alpha value is -1.85. The number of hydrogen-bond donors (Lipinski definition) is 2. The summed E-state index contributed by atoms with van der Waals surface area (Å²) in [5.41, 5.74) is 0.948. The van der Waals surface area contributed by atoms with Crippen molar-refractivity contribution in [2.45, 2.75) is 33.7 Å². The minimum atomic E-state index is -0.0134. The van der Waals surface area contributed by atoms with Gasteiger partial charge in [0.2, 0.25) is 5.91 Å². The lowest BCUT2D eigenvalue weighted by molar-refractivity contribution is -0.120. The molecule has 6 heteroatoms. The molecule has 0 unspecified atom stereocenters. The Bertz CT molecular complexity index is 433. The largest absolute Gasteiger partial charge is 0.370 e. The number of aromatic nitrogens is 2. The number of amides is 1. The summed E-state index contributed by atoms with van der Waals surface area (Å²) in [7, 11) is 1.85. The van der Waals surface area contributed by atoms with Crippen LogP contribution in [0.25, 0.3) is 0 Å². The second-order valence-corrected chi connectivity index (χ2v) is 4.78. The first-order valence-electron chi connectivity index (χ1n) is 6.51. The predicted molar refractivity (Wildman–Crippen MR) is 77.5 cm³/mol. The highest BCUT2D eigenvalue weighted by atomic mass is 16.2. The van der Waals surface area contributed by atoms with Gasteiger partial charge in [0.15, 0.2) is 0 Å². The molecule has 0 saturated carbocycles. The first-order chi connectivity index (χ1) is 8.95. The number of carbonyl (C=O) groups excluding carboxylic acids is 1. The first-order valence-corrected chi connectivity index (χ1v) is 6.51. The Morgan fingerprint density at radius 3 is 2.68 bits per heavy atom. The van der Waals surface area contributed by atoms with Crippen LogP contribution in [0.5, 0.6) is 0 Å². The molecular weight excluding hydrogens is 242 g/mol. The minimum absolute atomic E-state index is 0.0134. The lowest BCUT2D eigenvalue weighted by atomic mass is 10.3. The van der Waals surface area contributed by atoms with Gasteiger partial charge in [0, 0.05) is 25.2 Å². The summed E-state index contributed by atoms with van der Waals surface area (Å²) in [6, 6.07) is 0.143. The summed E-state index contributed by atoms with van der Waals surface area (Å²) in [4.78, 5) is 22.0. The topological polar surface area (TPSA) is 70.2 Å². The van der Waals surface area contributed by atoms with Crippen LogP contribution in [0.1, 0.15) is 26.3 Å². The molecule has 0 aliphatic rings. The zero-order valence-corrected chi connectivity index (χ0v) is 12.3. The molecule has 0 fully saturated rings. The standard InChI is InChI=1S/C13H23N5O/c1-6-14-12-10(4)13(16-8-15-12)18(5)7-11(19)17-9(2)3/h8-9H,6-7H2,1-5H3,(H,17,19)(H,14,15,16). The molecule has 1 rings (SSSR count). The molecule has 0 bridgehead atoms. The van der Waals surface area contributed by atoms with E-state index in [0.717, 1.165) is 23.7 Å². The molecule has 1 aromatic rings. The number of anilines is 2. The SMILES string of the molecule is CCNc1ncnc(N(C)CC(=O)NC(C)C)c1C. The maximum absolute atomic E-state index is 11.7.